The van der Waals surface area contributed by atoms with Gasteiger partial charge in [-0.05, 0) is 42.2 Å². The van der Waals surface area contributed by atoms with Gasteiger partial charge in [0.1, 0.15) is 12.0 Å². The third kappa shape index (κ3) is 5.11. The first kappa shape index (κ1) is 19.0. The quantitative estimate of drug-likeness (QED) is 0.486. The van der Waals surface area contributed by atoms with Gasteiger partial charge in [-0.25, -0.2) is 9.97 Å². The molecule has 1 heterocycles. The lowest BCUT2D eigenvalue weighted by Crippen LogP contribution is -2.08. The zero-order chi connectivity index (χ0) is 19.1. The lowest BCUT2D eigenvalue weighted by Gasteiger charge is -2.13. The summed E-state index contributed by atoms with van der Waals surface area (Å²) in [6.45, 7) is 2.73. The van der Waals surface area contributed by atoms with Crippen molar-refractivity contribution in [2.75, 3.05) is 16.4 Å². The number of halogens is 1. The molecule has 3 rings (SSSR count). The molecule has 0 saturated carbocycles. The third-order valence-corrected chi connectivity index (χ3v) is 4.69. The van der Waals surface area contributed by atoms with E-state index in [0.29, 0.717) is 28.9 Å². The number of aryl methyl sites for hydroxylation is 1. The minimum atomic E-state index is 0.472. The topological polar surface area (TPSA) is 75.9 Å². The van der Waals surface area contributed by atoms with Gasteiger partial charge in [-0.3, -0.25) is 0 Å². The average Bonchev–Trinajstić information content (AvgIpc) is 2.69. The predicted octanol–water partition coefficient (Wildman–Crippen LogP) is 5.41. The highest BCUT2D eigenvalue weighted by molar-refractivity contribution is 6.31. The Morgan fingerprint density at radius 1 is 1.00 bits per heavy atom. The van der Waals surface area contributed by atoms with Crippen LogP contribution in [0.25, 0.3) is 0 Å². The highest BCUT2D eigenvalue weighted by Gasteiger charge is 2.09. The summed E-state index contributed by atoms with van der Waals surface area (Å²) in [6.07, 6.45) is 4.99. The van der Waals surface area contributed by atoms with Crippen LogP contribution in [0.2, 0.25) is 5.02 Å². The summed E-state index contributed by atoms with van der Waals surface area (Å²) in [7, 11) is 0. The first-order valence-electron chi connectivity index (χ1n) is 9.11. The lowest BCUT2D eigenvalue weighted by molar-refractivity contribution is 0.795. The van der Waals surface area contributed by atoms with Crippen LogP contribution in [0.3, 0.4) is 0 Å². The zero-order valence-corrected chi connectivity index (χ0v) is 16.1. The second-order valence-electron chi connectivity index (χ2n) is 6.35. The van der Waals surface area contributed by atoms with E-state index in [1.807, 2.05) is 36.4 Å². The van der Waals surface area contributed by atoms with E-state index in [2.05, 4.69) is 39.7 Å². The molecular weight excluding hydrogens is 358 g/mol. The van der Waals surface area contributed by atoms with Gasteiger partial charge in [0.25, 0.3) is 0 Å². The molecule has 4 N–H and O–H groups in total. The zero-order valence-electron chi connectivity index (χ0n) is 15.4. The standard InChI is InChI=1S/C21H24ClN5/c1-2-3-6-15-9-11-17(12-10-15)27-21-19(23)20(25-14-26-21)24-13-16-7-4-5-8-18(16)22/h4-5,7-12,14H,2-3,6,13,23H2,1H3,(H2,24,25,26,27). The molecule has 140 valence electrons. The normalized spacial score (nSPS) is 10.6. The van der Waals surface area contributed by atoms with Crippen LogP contribution in [-0.2, 0) is 13.0 Å². The molecule has 0 aliphatic carbocycles. The molecule has 0 spiro atoms. The summed E-state index contributed by atoms with van der Waals surface area (Å²) in [6, 6.07) is 16.0. The molecule has 6 heteroatoms. The van der Waals surface area contributed by atoms with E-state index in [0.717, 1.165) is 17.7 Å². The maximum Gasteiger partial charge on any atom is 0.159 e. The molecule has 0 aliphatic rings. The molecule has 0 aliphatic heterocycles. The van der Waals surface area contributed by atoms with Crippen LogP contribution in [0.1, 0.15) is 30.9 Å². The van der Waals surface area contributed by atoms with E-state index in [4.69, 9.17) is 17.3 Å². The highest BCUT2D eigenvalue weighted by atomic mass is 35.5. The van der Waals surface area contributed by atoms with Gasteiger partial charge in [-0.2, -0.15) is 0 Å². The monoisotopic (exact) mass is 381 g/mol. The van der Waals surface area contributed by atoms with Crippen LogP contribution in [0.4, 0.5) is 23.0 Å². The summed E-state index contributed by atoms with van der Waals surface area (Å²) < 4.78 is 0. The molecule has 3 aromatic rings. The van der Waals surface area contributed by atoms with Crippen LogP contribution in [0, 0.1) is 0 Å². The van der Waals surface area contributed by atoms with E-state index < -0.39 is 0 Å². The van der Waals surface area contributed by atoms with Crippen molar-refractivity contribution in [3.8, 4) is 0 Å². The number of nitrogens with one attached hydrogen (secondary N) is 2. The minimum Gasteiger partial charge on any atom is -0.393 e. The molecule has 0 bridgehead atoms. The van der Waals surface area contributed by atoms with Crippen molar-refractivity contribution in [2.45, 2.75) is 32.7 Å². The van der Waals surface area contributed by atoms with Gasteiger partial charge >= 0.3 is 0 Å². The number of nitrogens with zero attached hydrogens (tertiary/aromatic N) is 2. The lowest BCUT2D eigenvalue weighted by atomic mass is 10.1. The number of unbranched alkanes of at least 4 members (excludes halogenated alkanes) is 1. The second kappa shape index (κ2) is 9.24. The summed E-state index contributed by atoms with van der Waals surface area (Å²) in [5.74, 6) is 1.15. The first-order valence-corrected chi connectivity index (χ1v) is 9.49. The molecule has 0 saturated heterocycles. The summed E-state index contributed by atoms with van der Waals surface area (Å²) in [5.41, 5.74) is 9.97. The first-order chi connectivity index (χ1) is 13.2. The Morgan fingerprint density at radius 2 is 1.74 bits per heavy atom. The number of nitrogens with two attached hydrogens (primary N) is 1. The van der Waals surface area contributed by atoms with Crippen molar-refractivity contribution in [2.24, 2.45) is 0 Å². The smallest absolute Gasteiger partial charge is 0.159 e. The highest BCUT2D eigenvalue weighted by Crippen LogP contribution is 2.27. The molecular formula is C21H24ClN5. The fourth-order valence-electron chi connectivity index (χ4n) is 2.73. The summed E-state index contributed by atoms with van der Waals surface area (Å²) in [5, 5.41) is 7.20. The number of hydrogen-bond donors (Lipinski definition) is 3. The van der Waals surface area contributed by atoms with Crippen molar-refractivity contribution >= 4 is 34.6 Å². The van der Waals surface area contributed by atoms with Gasteiger partial charge in [-0.15, -0.1) is 0 Å². The van der Waals surface area contributed by atoms with Crippen LogP contribution in [0.15, 0.2) is 54.9 Å². The van der Waals surface area contributed by atoms with Crippen LogP contribution in [-0.4, -0.2) is 9.97 Å². The molecule has 27 heavy (non-hydrogen) atoms. The Morgan fingerprint density at radius 3 is 2.48 bits per heavy atom. The van der Waals surface area contributed by atoms with Gasteiger partial charge in [0.15, 0.2) is 11.6 Å². The van der Waals surface area contributed by atoms with E-state index in [-0.39, 0.29) is 0 Å². The van der Waals surface area contributed by atoms with Gasteiger partial charge in [0.05, 0.1) is 0 Å². The van der Waals surface area contributed by atoms with Crippen LogP contribution >= 0.6 is 11.6 Å². The maximum absolute atomic E-state index is 6.25. The number of benzene rings is 2. The van der Waals surface area contributed by atoms with Crippen molar-refractivity contribution in [1.29, 1.82) is 0 Å². The molecule has 0 amide bonds. The fraction of sp³-hybridized carbons (Fsp3) is 0.238. The molecule has 1 aromatic heterocycles. The molecule has 2 aromatic carbocycles. The van der Waals surface area contributed by atoms with E-state index in [1.54, 1.807) is 0 Å². The Kier molecular flexibility index (Phi) is 6.49. The van der Waals surface area contributed by atoms with Crippen LogP contribution in [0.5, 0.6) is 0 Å². The molecule has 0 atom stereocenters. The predicted molar refractivity (Wildman–Crippen MR) is 114 cm³/mol. The number of anilines is 4. The van der Waals surface area contributed by atoms with Gasteiger partial charge < -0.3 is 16.4 Å². The van der Waals surface area contributed by atoms with Crippen molar-refractivity contribution in [3.63, 3.8) is 0 Å². The molecule has 0 unspecified atom stereocenters. The Balaban J connectivity index is 1.68. The SMILES string of the molecule is CCCCc1ccc(Nc2ncnc(NCc3ccccc3Cl)c2N)cc1. The largest absolute Gasteiger partial charge is 0.393 e. The van der Waals surface area contributed by atoms with Crippen molar-refractivity contribution in [3.05, 3.63) is 71.0 Å². The van der Waals surface area contributed by atoms with Gasteiger partial charge in [0, 0.05) is 17.3 Å². The number of rotatable bonds is 8. The average molecular weight is 382 g/mol. The van der Waals surface area contributed by atoms with E-state index in [9.17, 15) is 0 Å². The van der Waals surface area contributed by atoms with Gasteiger partial charge in [0.2, 0.25) is 0 Å². The van der Waals surface area contributed by atoms with Gasteiger partial charge in [-0.1, -0.05) is 55.3 Å². The Labute approximate surface area is 165 Å². The Bertz CT molecular complexity index is 880. The fourth-order valence-corrected chi connectivity index (χ4v) is 2.93. The summed E-state index contributed by atoms with van der Waals surface area (Å²) >= 11 is 6.20. The van der Waals surface area contributed by atoms with E-state index in [1.165, 1.54) is 24.7 Å². The second-order valence-corrected chi connectivity index (χ2v) is 6.76. The Hall–Kier alpha value is -2.79. The third-order valence-electron chi connectivity index (χ3n) is 4.32. The minimum absolute atomic E-state index is 0.472. The summed E-state index contributed by atoms with van der Waals surface area (Å²) in [4.78, 5) is 8.51. The number of nitrogen functional groups attached to an aromatic ring is 1. The van der Waals surface area contributed by atoms with Crippen molar-refractivity contribution in [1.82, 2.24) is 9.97 Å². The molecule has 0 radical (unpaired) electrons. The maximum atomic E-state index is 6.25. The molecule has 5 nitrogen and oxygen atoms in total. The van der Waals surface area contributed by atoms with E-state index >= 15 is 0 Å². The van der Waals surface area contributed by atoms with Crippen molar-refractivity contribution < 1.29 is 0 Å². The molecule has 0 fully saturated rings. The van der Waals surface area contributed by atoms with Crippen LogP contribution < -0.4 is 16.4 Å². The number of aromatic nitrogens is 2. The number of hydrogen-bond acceptors (Lipinski definition) is 5.